The second kappa shape index (κ2) is 6.16. The molecule has 0 fully saturated rings. The van der Waals surface area contributed by atoms with Gasteiger partial charge in [-0.15, -0.1) is 0 Å². The van der Waals surface area contributed by atoms with Crippen LogP contribution >= 0.6 is 0 Å². The molecule has 0 saturated heterocycles. The quantitative estimate of drug-likeness (QED) is 0.760. The first-order chi connectivity index (χ1) is 10.6. The fourth-order valence-corrected chi connectivity index (χ4v) is 2.87. The summed E-state index contributed by atoms with van der Waals surface area (Å²) in [7, 11) is 2.05. The lowest BCUT2D eigenvalue weighted by molar-refractivity contribution is -0.907. The summed E-state index contributed by atoms with van der Waals surface area (Å²) in [4.78, 5) is 1.19. The fraction of sp³-hybridized carbons (Fsp3) is 0.158. The van der Waals surface area contributed by atoms with Crippen molar-refractivity contribution in [2.24, 2.45) is 0 Å². The van der Waals surface area contributed by atoms with Gasteiger partial charge in [0, 0.05) is 5.56 Å². The molecular weight excluding hydrogens is 277 g/mol. The van der Waals surface area contributed by atoms with Crippen molar-refractivity contribution in [3.63, 3.8) is 0 Å². The van der Waals surface area contributed by atoms with Crippen molar-refractivity contribution < 1.29 is 14.4 Å². The van der Waals surface area contributed by atoms with Crippen LogP contribution in [-0.4, -0.2) is 12.2 Å². The number of quaternary nitrogens is 1. The molecule has 3 rings (SSSR count). The van der Waals surface area contributed by atoms with Crippen LogP contribution in [0.5, 0.6) is 5.75 Å². The van der Waals surface area contributed by atoms with Crippen LogP contribution in [0.2, 0.25) is 0 Å². The van der Waals surface area contributed by atoms with Gasteiger partial charge in [0.15, 0.2) is 0 Å². The van der Waals surface area contributed by atoms with Crippen molar-refractivity contribution >= 4 is 10.8 Å². The van der Waals surface area contributed by atoms with Gasteiger partial charge in [0.2, 0.25) is 0 Å². The molecule has 0 heterocycles. The number of hydrogen-bond donors (Lipinski definition) is 2. The number of halogens is 1. The third-order valence-electron chi connectivity index (χ3n) is 3.89. The van der Waals surface area contributed by atoms with Crippen LogP contribution in [0.4, 0.5) is 4.39 Å². The van der Waals surface area contributed by atoms with Crippen LogP contribution in [0, 0.1) is 5.82 Å². The third-order valence-corrected chi connectivity index (χ3v) is 3.89. The topological polar surface area (TPSA) is 24.7 Å². The SMILES string of the molecule is C[NH+](Cc1cccc(F)c1)Cc1c(O)ccc2ccccc12. The van der Waals surface area contributed by atoms with E-state index in [-0.39, 0.29) is 5.82 Å². The first kappa shape index (κ1) is 14.5. The van der Waals surface area contributed by atoms with Gasteiger partial charge in [-0.05, 0) is 29.0 Å². The van der Waals surface area contributed by atoms with Gasteiger partial charge in [-0.25, -0.2) is 4.39 Å². The molecule has 2 nitrogen and oxygen atoms in total. The summed E-state index contributed by atoms with van der Waals surface area (Å²) in [5.74, 6) is 0.107. The van der Waals surface area contributed by atoms with Gasteiger partial charge in [0.25, 0.3) is 0 Å². The van der Waals surface area contributed by atoms with Crippen LogP contribution in [0.25, 0.3) is 10.8 Å². The van der Waals surface area contributed by atoms with Crippen molar-refractivity contribution in [2.75, 3.05) is 7.05 Å². The highest BCUT2D eigenvalue weighted by Crippen LogP contribution is 2.26. The second-order valence-electron chi connectivity index (χ2n) is 5.72. The number of benzene rings is 3. The monoisotopic (exact) mass is 296 g/mol. The first-order valence-corrected chi connectivity index (χ1v) is 7.39. The maximum atomic E-state index is 13.3. The number of hydrogen-bond acceptors (Lipinski definition) is 1. The van der Waals surface area contributed by atoms with E-state index in [1.54, 1.807) is 18.2 Å². The average molecular weight is 296 g/mol. The van der Waals surface area contributed by atoms with Gasteiger partial charge in [-0.2, -0.15) is 0 Å². The zero-order valence-electron chi connectivity index (χ0n) is 12.5. The predicted octanol–water partition coefficient (Wildman–Crippen LogP) is 2.90. The van der Waals surface area contributed by atoms with Crippen molar-refractivity contribution in [1.82, 2.24) is 0 Å². The molecule has 2 N–H and O–H groups in total. The summed E-state index contributed by atoms with van der Waals surface area (Å²) in [6.45, 7) is 1.39. The van der Waals surface area contributed by atoms with Crippen LogP contribution < -0.4 is 4.90 Å². The first-order valence-electron chi connectivity index (χ1n) is 7.39. The van der Waals surface area contributed by atoms with E-state index in [1.165, 1.54) is 11.0 Å². The van der Waals surface area contributed by atoms with Crippen LogP contribution in [0.1, 0.15) is 11.1 Å². The van der Waals surface area contributed by atoms with E-state index in [4.69, 9.17) is 0 Å². The van der Waals surface area contributed by atoms with E-state index >= 15 is 0 Å². The summed E-state index contributed by atoms with van der Waals surface area (Å²) in [5.41, 5.74) is 1.89. The molecule has 0 saturated carbocycles. The van der Waals surface area contributed by atoms with Crippen molar-refractivity contribution in [3.8, 4) is 5.75 Å². The molecule has 3 heteroatoms. The molecule has 0 aliphatic rings. The molecule has 0 aliphatic carbocycles. The normalized spacial score (nSPS) is 12.5. The summed E-state index contributed by atoms with van der Waals surface area (Å²) < 4.78 is 13.3. The minimum absolute atomic E-state index is 0.210. The molecule has 1 atom stereocenters. The van der Waals surface area contributed by atoms with E-state index in [1.807, 2.05) is 43.4 Å². The number of phenols is 1. The van der Waals surface area contributed by atoms with Gasteiger partial charge >= 0.3 is 0 Å². The zero-order valence-corrected chi connectivity index (χ0v) is 12.5. The fourth-order valence-electron chi connectivity index (χ4n) is 2.87. The van der Waals surface area contributed by atoms with E-state index < -0.39 is 0 Å². The molecule has 0 amide bonds. The maximum absolute atomic E-state index is 13.3. The molecule has 0 aromatic heterocycles. The predicted molar refractivity (Wildman–Crippen MR) is 86.3 cm³/mol. The Morgan fingerprint density at radius 2 is 1.77 bits per heavy atom. The number of nitrogens with one attached hydrogen (secondary N) is 1. The molecule has 1 unspecified atom stereocenters. The lowest BCUT2D eigenvalue weighted by Crippen LogP contribution is -3.06. The Kier molecular flexibility index (Phi) is 4.07. The molecule has 0 bridgehead atoms. The van der Waals surface area contributed by atoms with E-state index in [0.29, 0.717) is 18.8 Å². The Morgan fingerprint density at radius 3 is 2.59 bits per heavy atom. The number of fused-ring (bicyclic) bond motifs is 1. The Bertz CT molecular complexity index is 800. The highest BCUT2D eigenvalue weighted by Gasteiger charge is 2.12. The van der Waals surface area contributed by atoms with Gasteiger partial charge < -0.3 is 10.0 Å². The van der Waals surface area contributed by atoms with Crippen molar-refractivity contribution in [2.45, 2.75) is 13.1 Å². The smallest absolute Gasteiger partial charge is 0.125 e. The largest absolute Gasteiger partial charge is 0.507 e. The molecule has 0 spiro atoms. The van der Waals surface area contributed by atoms with E-state index in [0.717, 1.165) is 21.9 Å². The minimum atomic E-state index is -0.210. The van der Waals surface area contributed by atoms with Gasteiger partial charge in [0.1, 0.15) is 24.7 Å². The Hall–Kier alpha value is -2.39. The number of aromatic hydroxyl groups is 1. The number of rotatable bonds is 4. The lowest BCUT2D eigenvalue weighted by Gasteiger charge is -2.16. The maximum Gasteiger partial charge on any atom is 0.125 e. The van der Waals surface area contributed by atoms with Gasteiger partial charge in [0.05, 0.1) is 12.6 Å². The van der Waals surface area contributed by atoms with E-state index in [2.05, 4.69) is 0 Å². The van der Waals surface area contributed by atoms with Gasteiger partial charge in [-0.3, -0.25) is 0 Å². The second-order valence-corrected chi connectivity index (χ2v) is 5.72. The molecular formula is C19H19FNO+. The Labute approximate surface area is 129 Å². The van der Waals surface area contributed by atoms with Crippen LogP contribution in [-0.2, 0) is 13.1 Å². The zero-order chi connectivity index (χ0) is 15.5. The molecule has 0 aliphatic heterocycles. The summed E-state index contributed by atoms with van der Waals surface area (Å²) in [5, 5.41) is 12.4. The van der Waals surface area contributed by atoms with Crippen LogP contribution in [0.3, 0.4) is 0 Å². The summed E-state index contributed by atoms with van der Waals surface area (Å²) in [6.07, 6.45) is 0. The van der Waals surface area contributed by atoms with E-state index in [9.17, 15) is 9.50 Å². The van der Waals surface area contributed by atoms with Crippen molar-refractivity contribution in [3.05, 3.63) is 77.6 Å². The average Bonchev–Trinajstić information content (AvgIpc) is 2.50. The highest BCUT2D eigenvalue weighted by atomic mass is 19.1. The van der Waals surface area contributed by atoms with Crippen molar-refractivity contribution in [1.29, 1.82) is 0 Å². The molecule has 22 heavy (non-hydrogen) atoms. The summed E-state index contributed by atoms with van der Waals surface area (Å²) >= 11 is 0. The molecule has 0 radical (unpaired) electrons. The summed E-state index contributed by atoms with van der Waals surface area (Å²) in [6, 6.07) is 18.4. The molecule has 112 valence electrons. The Balaban J connectivity index is 1.85. The highest BCUT2D eigenvalue weighted by molar-refractivity contribution is 5.87. The molecule has 3 aromatic carbocycles. The number of phenolic OH excluding ortho intramolecular Hbond substituents is 1. The van der Waals surface area contributed by atoms with Crippen LogP contribution in [0.15, 0.2) is 60.7 Å². The third kappa shape index (κ3) is 3.10. The Morgan fingerprint density at radius 1 is 0.955 bits per heavy atom. The van der Waals surface area contributed by atoms with Gasteiger partial charge in [-0.1, -0.05) is 42.5 Å². The minimum Gasteiger partial charge on any atom is -0.507 e. The standard InChI is InChI=1S/C19H18FNO/c1-21(12-14-5-4-7-16(20)11-14)13-18-17-8-3-2-6-15(17)9-10-19(18)22/h2-11,22H,12-13H2,1H3/p+1. The molecule has 3 aromatic rings. The lowest BCUT2D eigenvalue weighted by atomic mass is 10.0.